The lowest BCUT2D eigenvalue weighted by atomic mass is 9.71. The Labute approximate surface area is 243 Å². The van der Waals surface area contributed by atoms with Crippen LogP contribution in [-0.2, 0) is 20.7 Å². The quantitative estimate of drug-likeness (QED) is 0.257. The number of ketones is 3. The smallest absolute Gasteiger partial charge is 0.202 e. The molecule has 0 aliphatic heterocycles. The van der Waals surface area contributed by atoms with Crippen LogP contribution in [0.2, 0.25) is 0 Å². The summed E-state index contributed by atoms with van der Waals surface area (Å²) in [5.41, 5.74) is 3.29. The first-order chi connectivity index (χ1) is 19.8. The summed E-state index contributed by atoms with van der Waals surface area (Å²) in [5.74, 6) is -3.44. The number of phenols is 2. The molecule has 1 unspecified atom stereocenters. The molecule has 0 heterocycles. The lowest BCUT2D eigenvalue weighted by Gasteiger charge is -2.43. The molecule has 0 saturated heterocycles. The van der Waals surface area contributed by atoms with Crippen molar-refractivity contribution in [2.24, 2.45) is 11.7 Å². The number of aliphatic hydroxyl groups is 2. The van der Waals surface area contributed by atoms with E-state index in [2.05, 4.69) is 0 Å². The van der Waals surface area contributed by atoms with Gasteiger partial charge in [-0.25, -0.2) is 0 Å². The van der Waals surface area contributed by atoms with Crippen LogP contribution in [0.15, 0.2) is 18.2 Å². The van der Waals surface area contributed by atoms with E-state index < -0.39 is 70.8 Å². The van der Waals surface area contributed by atoms with Gasteiger partial charge in [0, 0.05) is 35.6 Å². The van der Waals surface area contributed by atoms with Gasteiger partial charge in [-0.15, -0.1) is 0 Å². The Balaban J connectivity index is 1.62. The van der Waals surface area contributed by atoms with Gasteiger partial charge in [0.2, 0.25) is 5.78 Å². The normalized spacial score (nSPS) is 28.7. The van der Waals surface area contributed by atoms with Gasteiger partial charge in [-0.3, -0.25) is 14.4 Å². The molecule has 6 atom stereocenters. The third-order valence-electron chi connectivity index (χ3n) is 8.68. The maximum Gasteiger partial charge on any atom is 0.202 e. The lowest BCUT2D eigenvalue weighted by Crippen LogP contribution is -2.51. The number of fused-ring (bicyclic) bond motifs is 3. The van der Waals surface area contributed by atoms with Gasteiger partial charge in [0.25, 0.3) is 0 Å². The molecule has 0 amide bonds. The summed E-state index contributed by atoms with van der Waals surface area (Å²) in [4.78, 5) is 40.1. The average Bonchev–Trinajstić information content (AvgIpc) is 2.94. The van der Waals surface area contributed by atoms with Gasteiger partial charge >= 0.3 is 0 Å². The molecule has 0 bridgehead atoms. The third kappa shape index (κ3) is 4.79. The van der Waals surface area contributed by atoms with Crippen molar-refractivity contribution in [1.29, 1.82) is 0 Å². The molecule has 11 nitrogen and oxygen atoms in total. The highest BCUT2D eigenvalue weighted by molar-refractivity contribution is 6.31. The Kier molecular flexibility index (Phi) is 7.92. The molecule has 5 rings (SSSR count). The maximum absolute atomic E-state index is 13.8. The van der Waals surface area contributed by atoms with Crippen molar-refractivity contribution >= 4 is 17.3 Å². The van der Waals surface area contributed by atoms with Crippen molar-refractivity contribution in [3.63, 3.8) is 0 Å². The molecule has 0 radical (unpaired) electrons. The molecule has 6 N–H and O–H groups in total. The highest BCUT2D eigenvalue weighted by Crippen LogP contribution is 2.52. The molecule has 3 aliphatic carbocycles. The minimum Gasteiger partial charge on any atom is -0.507 e. The van der Waals surface area contributed by atoms with Crippen molar-refractivity contribution < 1.29 is 49.0 Å². The summed E-state index contributed by atoms with van der Waals surface area (Å²) < 4.78 is 17.7. The van der Waals surface area contributed by atoms with Crippen molar-refractivity contribution in [3.8, 4) is 17.2 Å². The number of methoxy groups -OCH3 is 1. The van der Waals surface area contributed by atoms with Crippen molar-refractivity contribution in [1.82, 2.24) is 0 Å². The predicted molar refractivity (Wildman–Crippen MR) is 149 cm³/mol. The van der Waals surface area contributed by atoms with Crippen LogP contribution in [0, 0.1) is 5.92 Å². The second kappa shape index (κ2) is 11.1. The summed E-state index contributed by atoms with van der Waals surface area (Å²) in [5, 5.41) is 44.1. The van der Waals surface area contributed by atoms with Crippen LogP contribution in [0.25, 0.3) is 0 Å². The van der Waals surface area contributed by atoms with Crippen molar-refractivity contribution in [3.05, 3.63) is 51.6 Å². The maximum atomic E-state index is 13.8. The Morgan fingerprint density at radius 2 is 1.79 bits per heavy atom. The van der Waals surface area contributed by atoms with Gasteiger partial charge in [0.05, 0.1) is 48.2 Å². The number of phenolic OH excluding ortho intramolecular Hbond substituents is 2. The molecular formula is C31H37NO10. The number of aliphatic hydroxyl groups excluding tert-OH is 1. The first kappa shape index (κ1) is 30.1. The zero-order chi connectivity index (χ0) is 30.7. The van der Waals surface area contributed by atoms with Gasteiger partial charge in [0.15, 0.2) is 11.6 Å². The van der Waals surface area contributed by atoms with Crippen LogP contribution in [-0.4, -0.2) is 81.4 Å². The molecule has 2 aromatic rings. The number of hydrogen-bond acceptors (Lipinski definition) is 11. The molecule has 0 aromatic heterocycles. The van der Waals surface area contributed by atoms with E-state index >= 15 is 0 Å². The average molecular weight is 584 g/mol. The SMILES string of the molecule is COc1cccc2c1C(=O)c1c(O)c3c(c(O)c1C2=O)C[C@](O)(C(=O)CO)CC3O[C@H]1C[C@@H](C)[C@@H](OC(C)C)[C@@H](N)C1. The zero-order valence-corrected chi connectivity index (χ0v) is 24.0. The Morgan fingerprint density at radius 1 is 1.10 bits per heavy atom. The number of benzene rings is 2. The Bertz CT molecular complexity index is 1440. The van der Waals surface area contributed by atoms with E-state index in [1.807, 2.05) is 20.8 Å². The van der Waals surface area contributed by atoms with Gasteiger partial charge in [0.1, 0.15) is 29.5 Å². The molecule has 1 saturated carbocycles. The minimum absolute atomic E-state index is 0.00272. The van der Waals surface area contributed by atoms with Gasteiger partial charge in [-0.1, -0.05) is 19.1 Å². The largest absolute Gasteiger partial charge is 0.507 e. The summed E-state index contributed by atoms with van der Waals surface area (Å²) >= 11 is 0. The lowest BCUT2D eigenvalue weighted by molar-refractivity contribution is -0.153. The van der Waals surface area contributed by atoms with E-state index in [0.29, 0.717) is 12.8 Å². The van der Waals surface area contributed by atoms with Crippen molar-refractivity contribution in [2.75, 3.05) is 13.7 Å². The summed E-state index contributed by atoms with van der Waals surface area (Å²) in [6, 6.07) is 4.08. The predicted octanol–water partition coefficient (Wildman–Crippen LogP) is 2.10. The van der Waals surface area contributed by atoms with Crippen LogP contribution in [0.5, 0.6) is 17.2 Å². The first-order valence-electron chi connectivity index (χ1n) is 14.1. The topological polar surface area (TPSA) is 186 Å². The Hall–Kier alpha value is -3.35. The van der Waals surface area contributed by atoms with Crippen LogP contribution < -0.4 is 10.5 Å². The van der Waals surface area contributed by atoms with Crippen LogP contribution >= 0.6 is 0 Å². The Morgan fingerprint density at radius 3 is 2.40 bits per heavy atom. The van der Waals surface area contributed by atoms with E-state index in [1.165, 1.54) is 25.3 Å². The van der Waals surface area contributed by atoms with E-state index in [4.69, 9.17) is 19.9 Å². The molecule has 42 heavy (non-hydrogen) atoms. The fraction of sp³-hybridized carbons (Fsp3) is 0.516. The zero-order valence-electron chi connectivity index (χ0n) is 24.0. The molecule has 11 heteroatoms. The summed E-state index contributed by atoms with van der Waals surface area (Å²) in [7, 11) is 1.35. The number of carbonyl (C=O) groups is 3. The van der Waals surface area contributed by atoms with Gasteiger partial charge in [-0.2, -0.15) is 0 Å². The number of carbonyl (C=O) groups excluding carboxylic acids is 3. The number of hydrogen-bond donors (Lipinski definition) is 5. The van der Waals surface area contributed by atoms with E-state index in [1.54, 1.807) is 0 Å². The van der Waals surface area contributed by atoms with Crippen LogP contribution in [0.3, 0.4) is 0 Å². The number of rotatable bonds is 7. The van der Waals surface area contributed by atoms with Crippen LogP contribution in [0.4, 0.5) is 0 Å². The van der Waals surface area contributed by atoms with Crippen LogP contribution in [0.1, 0.15) is 89.1 Å². The monoisotopic (exact) mass is 583 g/mol. The van der Waals surface area contributed by atoms with E-state index in [-0.39, 0.29) is 58.6 Å². The molecule has 3 aliphatic rings. The third-order valence-corrected chi connectivity index (χ3v) is 8.68. The van der Waals surface area contributed by atoms with Crippen molar-refractivity contribution in [2.45, 2.75) is 82.5 Å². The number of ether oxygens (including phenoxy) is 3. The second-order valence-electron chi connectivity index (χ2n) is 11.9. The fourth-order valence-corrected chi connectivity index (χ4v) is 6.79. The fourth-order valence-electron chi connectivity index (χ4n) is 6.79. The van der Waals surface area contributed by atoms with E-state index in [0.717, 1.165) is 0 Å². The van der Waals surface area contributed by atoms with Gasteiger partial charge < -0.3 is 40.4 Å². The second-order valence-corrected chi connectivity index (χ2v) is 11.9. The minimum atomic E-state index is -2.17. The standard InChI is InChI=1S/C31H37NO10/c1-13(2)41-30-14(3)8-15(9-18(30)32)42-20-11-31(39,21(34)12-33)10-17-23(20)29(38)25-24(27(17)36)26(35)16-6-5-7-19(40-4)22(16)28(25)37/h5-7,13-15,18,20,30,33,36,38-39H,8-12,32H2,1-4H3/t14-,15+,18+,20?,30-,31-/m1/s1. The number of Topliss-reactive ketones (excluding diaryl/α,β-unsaturated/α-hetero) is 1. The molecule has 2 aromatic carbocycles. The van der Waals surface area contributed by atoms with E-state index in [9.17, 15) is 34.8 Å². The molecule has 0 spiro atoms. The molecule has 226 valence electrons. The first-order valence-corrected chi connectivity index (χ1v) is 14.1. The number of aromatic hydroxyl groups is 2. The highest BCUT2D eigenvalue weighted by atomic mass is 16.5. The molecule has 1 fully saturated rings. The highest BCUT2D eigenvalue weighted by Gasteiger charge is 2.50. The van der Waals surface area contributed by atoms with Gasteiger partial charge in [-0.05, 0) is 38.7 Å². The summed E-state index contributed by atoms with van der Waals surface area (Å²) in [6.45, 7) is 4.87. The number of nitrogens with two attached hydrogens (primary N) is 1. The summed E-state index contributed by atoms with van der Waals surface area (Å²) in [6.07, 6.45) is -1.88. The molecular weight excluding hydrogens is 546 g/mol.